The Balaban J connectivity index is 2.11. The maximum absolute atomic E-state index is 13.1. The molecule has 5 heteroatoms. The van der Waals surface area contributed by atoms with Crippen LogP contribution in [-0.2, 0) is 11.2 Å². The van der Waals surface area contributed by atoms with Crippen molar-refractivity contribution in [1.29, 1.82) is 0 Å². The predicted molar refractivity (Wildman–Crippen MR) is 102 cm³/mol. The van der Waals surface area contributed by atoms with E-state index in [1.165, 1.54) is 0 Å². The second-order valence-corrected chi connectivity index (χ2v) is 6.06. The van der Waals surface area contributed by atoms with Crippen LogP contribution in [0, 0.1) is 0 Å². The minimum Gasteiger partial charge on any atom is -0.462 e. The zero-order valence-corrected chi connectivity index (χ0v) is 15.1. The first kappa shape index (κ1) is 17.9. The van der Waals surface area contributed by atoms with E-state index < -0.39 is 0 Å². The lowest BCUT2D eigenvalue weighted by Gasteiger charge is -2.14. The molecule has 0 aliphatic carbocycles. The summed E-state index contributed by atoms with van der Waals surface area (Å²) in [5, 5.41) is 0.585. The van der Waals surface area contributed by atoms with Crippen molar-refractivity contribution in [3.63, 3.8) is 0 Å². The number of nitrogens with zero attached hydrogens (tertiary/aromatic N) is 2. The monoisotopic (exact) mass is 350 g/mol. The standard InChI is InChI=1S/C21H22N2O3/c1-3-5-10-19-22-18-9-7-6-8-17(18)20(24)23(19)16-13-11-15(12-14-16)21(25)26-4-2/h6-9,11-14H,3-5,10H2,1-2H3. The fourth-order valence-corrected chi connectivity index (χ4v) is 2.91. The van der Waals surface area contributed by atoms with Gasteiger partial charge in [-0.15, -0.1) is 0 Å². The number of hydrogen-bond acceptors (Lipinski definition) is 4. The van der Waals surface area contributed by atoms with Gasteiger partial charge in [-0.2, -0.15) is 0 Å². The molecule has 0 atom stereocenters. The third kappa shape index (κ3) is 3.52. The van der Waals surface area contributed by atoms with E-state index in [1.807, 2.05) is 18.2 Å². The number of benzene rings is 2. The Morgan fingerprint density at radius 2 is 1.81 bits per heavy atom. The molecule has 0 N–H and O–H groups in total. The van der Waals surface area contributed by atoms with Crippen molar-refractivity contribution in [3.05, 3.63) is 70.3 Å². The summed E-state index contributed by atoms with van der Waals surface area (Å²) in [5.74, 6) is 0.369. The summed E-state index contributed by atoms with van der Waals surface area (Å²) in [4.78, 5) is 29.6. The summed E-state index contributed by atoms with van der Waals surface area (Å²) in [5.41, 5.74) is 1.79. The van der Waals surface area contributed by atoms with Crippen molar-refractivity contribution < 1.29 is 9.53 Å². The molecule has 0 aliphatic rings. The lowest BCUT2D eigenvalue weighted by atomic mass is 10.1. The van der Waals surface area contributed by atoms with Crippen LogP contribution in [0.2, 0.25) is 0 Å². The van der Waals surface area contributed by atoms with Crippen LogP contribution in [0.5, 0.6) is 0 Å². The first-order chi connectivity index (χ1) is 12.7. The van der Waals surface area contributed by atoms with E-state index in [2.05, 4.69) is 6.92 Å². The smallest absolute Gasteiger partial charge is 0.338 e. The number of fused-ring (bicyclic) bond motifs is 1. The molecular formula is C21H22N2O3. The van der Waals surface area contributed by atoms with Gasteiger partial charge in [-0.25, -0.2) is 9.78 Å². The molecule has 26 heavy (non-hydrogen) atoms. The average molecular weight is 350 g/mol. The largest absolute Gasteiger partial charge is 0.462 e. The van der Waals surface area contributed by atoms with Gasteiger partial charge >= 0.3 is 5.97 Å². The first-order valence-corrected chi connectivity index (χ1v) is 8.94. The van der Waals surface area contributed by atoms with Crippen molar-refractivity contribution in [1.82, 2.24) is 9.55 Å². The van der Waals surface area contributed by atoms with Crippen LogP contribution in [-0.4, -0.2) is 22.1 Å². The van der Waals surface area contributed by atoms with Crippen molar-refractivity contribution in [2.45, 2.75) is 33.1 Å². The minimum absolute atomic E-state index is 0.0920. The third-order valence-electron chi connectivity index (χ3n) is 4.24. The maximum Gasteiger partial charge on any atom is 0.338 e. The number of aryl methyl sites for hydroxylation is 1. The van der Waals surface area contributed by atoms with Crippen LogP contribution in [0.4, 0.5) is 0 Å². The second-order valence-electron chi connectivity index (χ2n) is 6.06. The van der Waals surface area contributed by atoms with E-state index in [1.54, 1.807) is 41.8 Å². The van der Waals surface area contributed by atoms with Crippen LogP contribution >= 0.6 is 0 Å². The van der Waals surface area contributed by atoms with Gasteiger partial charge in [-0.1, -0.05) is 25.5 Å². The summed E-state index contributed by atoms with van der Waals surface area (Å²) < 4.78 is 6.66. The van der Waals surface area contributed by atoms with E-state index in [9.17, 15) is 9.59 Å². The van der Waals surface area contributed by atoms with Gasteiger partial charge in [0.25, 0.3) is 5.56 Å². The number of esters is 1. The Morgan fingerprint density at radius 1 is 1.08 bits per heavy atom. The molecule has 0 saturated heterocycles. The molecule has 0 radical (unpaired) electrons. The number of carbonyl (C=O) groups excluding carboxylic acids is 1. The summed E-state index contributed by atoms with van der Waals surface area (Å²) in [6.07, 6.45) is 2.69. The number of hydrogen-bond donors (Lipinski definition) is 0. The van der Waals surface area contributed by atoms with E-state index in [-0.39, 0.29) is 11.5 Å². The Hall–Kier alpha value is -2.95. The molecule has 2 aromatic carbocycles. The molecule has 0 saturated carbocycles. The Morgan fingerprint density at radius 3 is 2.50 bits per heavy atom. The molecule has 0 bridgehead atoms. The number of aromatic nitrogens is 2. The lowest BCUT2D eigenvalue weighted by Crippen LogP contribution is -2.24. The highest BCUT2D eigenvalue weighted by molar-refractivity contribution is 5.89. The molecule has 1 heterocycles. The number of unbranched alkanes of at least 4 members (excludes halogenated alkanes) is 1. The molecular weight excluding hydrogens is 328 g/mol. The maximum atomic E-state index is 13.1. The Bertz CT molecular complexity index is 975. The average Bonchev–Trinajstić information content (AvgIpc) is 2.67. The molecule has 0 fully saturated rings. The highest BCUT2D eigenvalue weighted by Crippen LogP contribution is 2.16. The molecule has 0 spiro atoms. The van der Waals surface area contributed by atoms with E-state index in [0.717, 1.165) is 25.1 Å². The fourth-order valence-electron chi connectivity index (χ4n) is 2.91. The van der Waals surface area contributed by atoms with Gasteiger partial charge in [0.1, 0.15) is 5.82 Å². The molecule has 134 valence electrons. The first-order valence-electron chi connectivity index (χ1n) is 8.94. The van der Waals surface area contributed by atoms with Gasteiger partial charge < -0.3 is 4.74 Å². The predicted octanol–water partition coefficient (Wildman–Crippen LogP) is 3.91. The zero-order valence-electron chi connectivity index (χ0n) is 15.1. The number of carbonyl (C=O) groups is 1. The third-order valence-corrected chi connectivity index (χ3v) is 4.24. The molecule has 3 aromatic rings. The van der Waals surface area contributed by atoms with Crippen molar-refractivity contribution in [2.24, 2.45) is 0 Å². The van der Waals surface area contributed by atoms with Crippen LogP contribution in [0.1, 0.15) is 42.9 Å². The van der Waals surface area contributed by atoms with Crippen LogP contribution < -0.4 is 5.56 Å². The SMILES string of the molecule is CCCCc1nc2ccccc2c(=O)n1-c1ccc(C(=O)OCC)cc1. The molecule has 0 amide bonds. The van der Waals surface area contributed by atoms with Crippen LogP contribution in [0.15, 0.2) is 53.3 Å². The van der Waals surface area contributed by atoms with Gasteiger partial charge in [-0.3, -0.25) is 9.36 Å². The van der Waals surface area contributed by atoms with Crippen LogP contribution in [0.25, 0.3) is 16.6 Å². The van der Waals surface area contributed by atoms with Gasteiger partial charge in [0.05, 0.1) is 28.8 Å². The molecule has 0 unspecified atom stereocenters. The summed E-state index contributed by atoms with van der Waals surface area (Å²) in [7, 11) is 0. The van der Waals surface area contributed by atoms with E-state index in [0.29, 0.717) is 28.8 Å². The molecule has 0 aliphatic heterocycles. The fraction of sp³-hybridized carbons (Fsp3) is 0.286. The Kier molecular flexibility index (Phi) is 5.46. The van der Waals surface area contributed by atoms with Crippen LogP contribution in [0.3, 0.4) is 0 Å². The minimum atomic E-state index is -0.366. The number of para-hydroxylation sites is 1. The van der Waals surface area contributed by atoms with Crippen molar-refractivity contribution >= 4 is 16.9 Å². The molecule has 1 aromatic heterocycles. The van der Waals surface area contributed by atoms with Gasteiger partial charge in [0.2, 0.25) is 0 Å². The zero-order chi connectivity index (χ0) is 18.5. The molecule has 5 nitrogen and oxygen atoms in total. The summed E-state index contributed by atoms with van der Waals surface area (Å²) in [6, 6.07) is 14.3. The number of ether oxygens (including phenoxy) is 1. The summed E-state index contributed by atoms with van der Waals surface area (Å²) >= 11 is 0. The topological polar surface area (TPSA) is 61.2 Å². The number of rotatable bonds is 6. The highest BCUT2D eigenvalue weighted by Gasteiger charge is 2.13. The Labute approximate surface area is 152 Å². The quantitative estimate of drug-likeness (QED) is 0.633. The molecule has 3 rings (SSSR count). The lowest BCUT2D eigenvalue weighted by molar-refractivity contribution is 0.0526. The highest BCUT2D eigenvalue weighted by atomic mass is 16.5. The van der Waals surface area contributed by atoms with Gasteiger partial charge in [-0.05, 0) is 49.7 Å². The summed E-state index contributed by atoms with van der Waals surface area (Å²) in [6.45, 7) is 4.21. The van der Waals surface area contributed by atoms with Crippen molar-refractivity contribution in [3.8, 4) is 5.69 Å². The van der Waals surface area contributed by atoms with E-state index >= 15 is 0 Å². The van der Waals surface area contributed by atoms with Crippen molar-refractivity contribution in [2.75, 3.05) is 6.61 Å². The van der Waals surface area contributed by atoms with Gasteiger partial charge in [0.15, 0.2) is 0 Å². The van der Waals surface area contributed by atoms with E-state index in [4.69, 9.17) is 9.72 Å². The normalized spacial score (nSPS) is 10.8. The van der Waals surface area contributed by atoms with Gasteiger partial charge in [0, 0.05) is 6.42 Å². The second kappa shape index (κ2) is 7.95.